The molecule has 1 N–H and O–H groups in total. The van der Waals surface area contributed by atoms with Crippen molar-refractivity contribution in [2.75, 3.05) is 12.4 Å². The first kappa shape index (κ1) is 4.96. The van der Waals surface area contributed by atoms with Crippen LogP contribution in [0.25, 0.3) is 0 Å². The fraction of sp³-hybridized carbons (Fsp3) is 0.250. The van der Waals surface area contributed by atoms with Gasteiger partial charge in [0.1, 0.15) is 0 Å². The Morgan fingerprint density at radius 1 is 1.38 bits per heavy atom. The third-order valence-corrected chi connectivity index (χ3v) is 0.786. The van der Waals surface area contributed by atoms with E-state index >= 15 is 0 Å². The molecule has 1 heterocycles. The first-order chi connectivity index (χ1) is 3.93. The number of hydrogen-bond acceptors (Lipinski definition) is 4. The quantitative estimate of drug-likeness (QED) is 0.549. The Hall–Kier alpha value is -1.19. The van der Waals surface area contributed by atoms with Gasteiger partial charge in [0.2, 0.25) is 0 Å². The molecular weight excluding hydrogens is 104 g/mol. The van der Waals surface area contributed by atoms with E-state index < -0.39 is 0 Å². The first-order valence-corrected chi connectivity index (χ1v) is 2.24. The maximum absolute atomic E-state index is 3.53. The van der Waals surface area contributed by atoms with E-state index in [9.17, 15) is 0 Å². The minimum Gasteiger partial charge on any atom is -0.386 e. The van der Waals surface area contributed by atoms with Gasteiger partial charge < -0.3 is 5.32 Å². The summed E-state index contributed by atoms with van der Waals surface area (Å²) in [5.74, 6) is 0. The van der Waals surface area contributed by atoms with Gasteiger partial charge in [-0.3, -0.25) is 0 Å². The molecule has 1 aromatic heterocycles. The zero-order valence-electron chi connectivity index (χ0n) is 4.50. The van der Waals surface area contributed by atoms with Crippen molar-refractivity contribution >= 4 is 5.69 Å². The molecule has 0 saturated carbocycles. The van der Waals surface area contributed by atoms with Gasteiger partial charge in [-0.15, -0.1) is 10.2 Å². The second-order valence-electron chi connectivity index (χ2n) is 1.28. The molecule has 0 radical (unpaired) electrons. The van der Waals surface area contributed by atoms with Gasteiger partial charge in [0, 0.05) is 7.05 Å². The Morgan fingerprint density at radius 3 is 2.38 bits per heavy atom. The molecule has 42 valence electrons. The largest absolute Gasteiger partial charge is 0.386 e. The standard InChI is InChI=1S/C4H6N4/c1-5-4-2-6-8-7-3-4/h2-3H,1H3,(H,5,8). The van der Waals surface area contributed by atoms with Gasteiger partial charge in [-0.05, 0) is 5.21 Å². The van der Waals surface area contributed by atoms with E-state index in [1.165, 1.54) is 0 Å². The molecule has 8 heavy (non-hydrogen) atoms. The average molecular weight is 110 g/mol. The van der Waals surface area contributed by atoms with Crippen LogP contribution in [0.1, 0.15) is 0 Å². The van der Waals surface area contributed by atoms with Crippen LogP contribution in [0.5, 0.6) is 0 Å². The van der Waals surface area contributed by atoms with Crippen molar-refractivity contribution in [2.24, 2.45) is 0 Å². The van der Waals surface area contributed by atoms with E-state index in [2.05, 4.69) is 20.7 Å². The highest BCUT2D eigenvalue weighted by molar-refractivity contribution is 5.34. The molecule has 4 nitrogen and oxygen atoms in total. The molecule has 4 heteroatoms. The third-order valence-electron chi connectivity index (χ3n) is 0.786. The van der Waals surface area contributed by atoms with Crippen molar-refractivity contribution in [2.45, 2.75) is 0 Å². The van der Waals surface area contributed by atoms with Crippen LogP contribution in [0.15, 0.2) is 12.4 Å². The van der Waals surface area contributed by atoms with Crippen molar-refractivity contribution in [1.29, 1.82) is 0 Å². The number of anilines is 1. The average Bonchev–Trinajstić information content (AvgIpc) is 1.90. The van der Waals surface area contributed by atoms with Gasteiger partial charge in [-0.1, -0.05) is 0 Å². The van der Waals surface area contributed by atoms with Crippen molar-refractivity contribution in [3.63, 3.8) is 0 Å². The molecule has 0 aliphatic rings. The lowest BCUT2D eigenvalue weighted by atomic mass is 10.6. The molecule has 0 amide bonds. The number of hydrogen-bond donors (Lipinski definition) is 1. The Morgan fingerprint density at radius 2 is 2.00 bits per heavy atom. The topological polar surface area (TPSA) is 50.7 Å². The molecule has 0 unspecified atom stereocenters. The summed E-state index contributed by atoms with van der Waals surface area (Å²) in [5.41, 5.74) is 0.875. The minimum atomic E-state index is 0.875. The molecule has 0 fully saturated rings. The minimum absolute atomic E-state index is 0.875. The van der Waals surface area contributed by atoms with Crippen molar-refractivity contribution < 1.29 is 0 Å². The maximum Gasteiger partial charge on any atom is 0.0762 e. The molecule has 1 aromatic rings. The molecule has 0 aromatic carbocycles. The van der Waals surface area contributed by atoms with Crippen molar-refractivity contribution in [1.82, 2.24) is 15.4 Å². The van der Waals surface area contributed by atoms with E-state index in [1.54, 1.807) is 19.4 Å². The monoisotopic (exact) mass is 110 g/mol. The highest BCUT2D eigenvalue weighted by Gasteiger charge is 1.81. The number of rotatable bonds is 1. The van der Waals surface area contributed by atoms with E-state index in [1.807, 2.05) is 0 Å². The third kappa shape index (κ3) is 0.900. The van der Waals surface area contributed by atoms with Crippen LogP contribution >= 0.6 is 0 Å². The number of nitrogens with zero attached hydrogens (tertiary/aromatic N) is 3. The molecule has 0 aliphatic heterocycles. The molecule has 0 atom stereocenters. The second-order valence-corrected chi connectivity index (χ2v) is 1.28. The lowest BCUT2D eigenvalue weighted by Crippen LogP contribution is -1.91. The fourth-order valence-corrected chi connectivity index (χ4v) is 0.368. The summed E-state index contributed by atoms with van der Waals surface area (Å²) in [6.07, 6.45) is 3.21. The van der Waals surface area contributed by atoms with Gasteiger partial charge in [0.15, 0.2) is 0 Å². The highest BCUT2D eigenvalue weighted by Crippen LogP contribution is 1.94. The molecule has 0 bridgehead atoms. The molecule has 1 rings (SSSR count). The van der Waals surface area contributed by atoms with Crippen LogP contribution in [0.3, 0.4) is 0 Å². The van der Waals surface area contributed by atoms with E-state index in [0.29, 0.717) is 0 Å². The van der Waals surface area contributed by atoms with Gasteiger partial charge in [-0.2, -0.15) is 0 Å². The molecule has 0 spiro atoms. The van der Waals surface area contributed by atoms with Gasteiger partial charge in [0.25, 0.3) is 0 Å². The summed E-state index contributed by atoms with van der Waals surface area (Å²) < 4.78 is 0. The van der Waals surface area contributed by atoms with Crippen LogP contribution < -0.4 is 5.32 Å². The number of nitrogens with one attached hydrogen (secondary N) is 1. The first-order valence-electron chi connectivity index (χ1n) is 2.24. The van der Waals surface area contributed by atoms with Crippen LogP contribution in [0.2, 0.25) is 0 Å². The second kappa shape index (κ2) is 2.20. The van der Waals surface area contributed by atoms with Gasteiger partial charge >= 0.3 is 0 Å². The highest BCUT2D eigenvalue weighted by atomic mass is 15.3. The molecular formula is C4H6N4. The van der Waals surface area contributed by atoms with Crippen LogP contribution in [0, 0.1) is 0 Å². The van der Waals surface area contributed by atoms with Gasteiger partial charge in [0.05, 0.1) is 18.1 Å². The zero-order valence-corrected chi connectivity index (χ0v) is 4.50. The summed E-state index contributed by atoms with van der Waals surface area (Å²) in [7, 11) is 1.80. The zero-order chi connectivity index (χ0) is 5.82. The fourth-order valence-electron chi connectivity index (χ4n) is 0.368. The Labute approximate surface area is 46.9 Å². The molecule has 0 saturated heterocycles. The normalized spacial score (nSPS) is 8.62. The SMILES string of the molecule is CNc1cnnnc1. The Bertz CT molecular complexity index is 149. The summed E-state index contributed by atoms with van der Waals surface area (Å²) >= 11 is 0. The lowest BCUT2D eigenvalue weighted by molar-refractivity contribution is 0.866. The summed E-state index contributed by atoms with van der Waals surface area (Å²) in [4.78, 5) is 0. The van der Waals surface area contributed by atoms with Crippen molar-refractivity contribution in [3.8, 4) is 0 Å². The summed E-state index contributed by atoms with van der Waals surface area (Å²) in [5, 5.41) is 13.3. The summed E-state index contributed by atoms with van der Waals surface area (Å²) in [6, 6.07) is 0. The summed E-state index contributed by atoms with van der Waals surface area (Å²) in [6.45, 7) is 0. The van der Waals surface area contributed by atoms with Crippen LogP contribution in [0.4, 0.5) is 5.69 Å². The Kier molecular flexibility index (Phi) is 1.37. The molecule has 0 aliphatic carbocycles. The maximum atomic E-state index is 3.53. The predicted octanol–water partition coefficient (Wildman–Crippen LogP) is -0.0867. The number of aromatic nitrogens is 3. The van der Waals surface area contributed by atoms with E-state index in [0.717, 1.165) is 5.69 Å². The van der Waals surface area contributed by atoms with Crippen molar-refractivity contribution in [3.05, 3.63) is 12.4 Å². The van der Waals surface area contributed by atoms with Gasteiger partial charge in [-0.25, -0.2) is 0 Å². The predicted molar refractivity (Wildman–Crippen MR) is 29.4 cm³/mol. The Balaban J connectivity index is 2.83. The van der Waals surface area contributed by atoms with Crippen LogP contribution in [-0.4, -0.2) is 22.5 Å². The van der Waals surface area contributed by atoms with E-state index in [-0.39, 0.29) is 0 Å². The smallest absolute Gasteiger partial charge is 0.0762 e. The van der Waals surface area contributed by atoms with Crippen LogP contribution in [-0.2, 0) is 0 Å². The lowest BCUT2D eigenvalue weighted by Gasteiger charge is -1.91. The van der Waals surface area contributed by atoms with E-state index in [4.69, 9.17) is 0 Å².